The van der Waals surface area contributed by atoms with Crippen LogP contribution in [0.5, 0.6) is 0 Å². The van der Waals surface area contributed by atoms with Gasteiger partial charge in [0.2, 0.25) is 0 Å². The zero-order chi connectivity index (χ0) is 12.1. The largest absolute Gasteiger partial charge is 0.525 e. The van der Waals surface area contributed by atoms with E-state index in [-0.39, 0.29) is 0 Å². The summed E-state index contributed by atoms with van der Waals surface area (Å²) in [6.07, 6.45) is 2.59. The number of hydroxylamine groups is 2. The van der Waals surface area contributed by atoms with Gasteiger partial charge in [-0.2, -0.15) is 0 Å². The molecule has 6 nitrogen and oxygen atoms in total. The number of hydrogen-bond acceptors (Lipinski definition) is 5. The fraction of sp³-hybridized carbons (Fsp3) is 0.727. The number of morpholine rings is 1. The third kappa shape index (κ3) is 3.61. The predicted molar refractivity (Wildman–Crippen MR) is 60.4 cm³/mol. The summed E-state index contributed by atoms with van der Waals surface area (Å²) in [7, 11) is 0. The van der Waals surface area contributed by atoms with Gasteiger partial charge in [0.25, 0.3) is 0 Å². The van der Waals surface area contributed by atoms with Gasteiger partial charge in [0.15, 0.2) is 0 Å². The van der Waals surface area contributed by atoms with E-state index in [2.05, 4.69) is 15.8 Å². The first kappa shape index (κ1) is 12.2. The van der Waals surface area contributed by atoms with Crippen molar-refractivity contribution in [2.75, 3.05) is 39.4 Å². The Morgan fingerprint density at radius 2 is 2.06 bits per heavy atom. The standard InChI is InChI=1S/C11H18N2O4/c14-11(15)17-13-4-1-2-10(3-5-13)12-6-8-16-9-7-12/h2H,1,3-9H2,(H,14,15). The Bertz CT molecular complexity index is 300. The number of carboxylic acid groups (broad SMARTS) is 1. The van der Waals surface area contributed by atoms with Crippen molar-refractivity contribution in [2.45, 2.75) is 12.8 Å². The molecule has 96 valence electrons. The van der Waals surface area contributed by atoms with Crippen LogP contribution in [0, 0.1) is 0 Å². The Morgan fingerprint density at radius 3 is 2.76 bits per heavy atom. The van der Waals surface area contributed by atoms with Gasteiger partial charge >= 0.3 is 6.16 Å². The van der Waals surface area contributed by atoms with E-state index in [0.29, 0.717) is 13.1 Å². The van der Waals surface area contributed by atoms with Crippen LogP contribution in [-0.4, -0.2) is 60.6 Å². The van der Waals surface area contributed by atoms with E-state index in [9.17, 15) is 4.79 Å². The zero-order valence-electron chi connectivity index (χ0n) is 9.80. The summed E-state index contributed by atoms with van der Waals surface area (Å²) in [4.78, 5) is 17.4. The highest BCUT2D eigenvalue weighted by atomic mass is 16.8. The molecule has 0 aromatic carbocycles. The smallest absolute Gasteiger partial charge is 0.448 e. The monoisotopic (exact) mass is 242 g/mol. The average molecular weight is 242 g/mol. The average Bonchev–Trinajstić information content (AvgIpc) is 2.55. The molecule has 1 N–H and O–H groups in total. The first-order chi connectivity index (χ1) is 8.25. The number of carbonyl (C=O) groups is 1. The van der Waals surface area contributed by atoms with Gasteiger partial charge in [-0.15, -0.1) is 5.06 Å². The van der Waals surface area contributed by atoms with E-state index in [4.69, 9.17) is 9.84 Å². The number of hydrogen-bond donors (Lipinski definition) is 1. The highest BCUT2D eigenvalue weighted by molar-refractivity contribution is 5.56. The lowest BCUT2D eigenvalue weighted by Gasteiger charge is -2.31. The molecule has 0 unspecified atom stereocenters. The topological polar surface area (TPSA) is 62.2 Å². The Kier molecular flexibility index (Phi) is 4.22. The second-order valence-electron chi connectivity index (χ2n) is 4.12. The van der Waals surface area contributed by atoms with Crippen LogP contribution in [0.4, 0.5) is 4.79 Å². The minimum Gasteiger partial charge on any atom is -0.448 e. The summed E-state index contributed by atoms with van der Waals surface area (Å²) >= 11 is 0. The van der Waals surface area contributed by atoms with Crippen molar-refractivity contribution in [3.8, 4) is 0 Å². The quantitative estimate of drug-likeness (QED) is 0.776. The lowest BCUT2D eigenvalue weighted by Crippen LogP contribution is -2.36. The van der Waals surface area contributed by atoms with Gasteiger partial charge in [-0.1, -0.05) is 6.08 Å². The summed E-state index contributed by atoms with van der Waals surface area (Å²) in [6, 6.07) is 0. The van der Waals surface area contributed by atoms with Crippen LogP contribution in [0.3, 0.4) is 0 Å². The second kappa shape index (κ2) is 5.88. The van der Waals surface area contributed by atoms with Gasteiger partial charge in [0.1, 0.15) is 0 Å². The van der Waals surface area contributed by atoms with Crippen molar-refractivity contribution < 1.29 is 19.5 Å². The van der Waals surface area contributed by atoms with Crippen molar-refractivity contribution in [2.24, 2.45) is 0 Å². The second-order valence-corrected chi connectivity index (χ2v) is 4.12. The van der Waals surface area contributed by atoms with E-state index in [1.807, 2.05) is 0 Å². The molecule has 17 heavy (non-hydrogen) atoms. The highest BCUT2D eigenvalue weighted by Crippen LogP contribution is 2.17. The van der Waals surface area contributed by atoms with Crippen LogP contribution < -0.4 is 0 Å². The van der Waals surface area contributed by atoms with Crippen molar-refractivity contribution in [1.82, 2.24) is 9.96 Å². The van der Waals surface area contributed by atoms with Crippen LogP contribution in [-0.2, 0) is 9.57 Å². The maximum Gasteiger partial charge on any atom is 0.525 e. The molecule has 2 aliphatic heterocycles. The number of nitrogens with zero attached hydrogens (tertiary/aromatic N) is 2. The van der Waals surface area contributed by atoms with Gasteiger partial charge in [-0.25, -0.2) is 4.79 Å². The molecular formula is C11H18N2O4. The van der Waals surface area contributed by atoms with Crippen LogP contribution in [0.25, 0.3) is 0 Å². The van der Waals surface area contributed by atoms with Crippen LogP contribution in [0.2, 0.25) is 0 Å². The molecule has 0 amide bonds. The fourth-order valence-electron chi connectivity index (χ4n) is 2.17. The van der Waals surface area contributed by atoms with Gasteiger partial charge in [-0.05, 0) is 6.42 Å². The summed E-state index contributed by atoms with van der Waals surface area (Å²) in [5, 5.41) is 10.1. The Morgan fingerprint density at radius 1 is 1.29 bits per heavy atom. The molecule has 1 saturated heterocycles. The third-order valence-electron chi connectivity index (χ3n) is 3.00. The highest BCUT2D eigenvalue weighted by Gasteiger charge is 2.18. The Hall–Kier alpha value is -1.27. The van der Waals surface area contributed by atoms with E-state index in [1.165, 1.54) is 10.8 Å². The molecule has 0 bridgehead atoms. The molecule has 0 atom stereocenters. The Labute approximate surface area is 100 Å². The van der Waals surface area contributed by atoms with E-state index < -0.39 is 6.16 Å². The molecule has 6 heteroatoms. The maximum absolute atomic E-state index is 10.5. The summed E-state index contributed by atoms with van der Waals surface area (Å²) in [5.41, 5.74) is 1.28. The Balaban J connectivity index is 1.85. The van der Waals surface area contributed by atoms with Crippen molar-refractivity contribution in [1.29, 1.82) is 0 Å². The van der Waals surface area contributed by atoms with Gasteiger partial charge < -0.3 is 19.6 Å². The molecule has 0 aliphatic carbocycles. The first-order valence-corrected chi connectivity index (χ1v) is 5.93. The van der Waals surface area contributed by atoms with E-state index >= 15 is 0 Å². The molecule has 2 aliphatic rings. The lowest BCUT2D eigenvalue weighted by molar-refractivity contribution is -0.117. The molecule has 0 spiro atoms. The van der Waals surface area contributed by atoms with Gasteiger partial charge in [0.05, 0.1) is 13.2 Å². The fourth-order valence-corrected chi connectivity index (χ4v) is 2.17. The molecule has 2 rings (SSSR count). The van der Waals surface area contributed by atoms with Crippen LogP contribution >= 0.6 is 0 Å². The van der Waals surface area contributed by atoms with E-state index in [1.54, 1.807) is 0 Å². The molecular weight excluding hydrogens is 224 g/mol. The summed E-state index contributed by atoms with van der Waals surface area (Å²) in [6.45, 7) is 4.63. The molecule has 1 fully saturated rings. The molecule has 0 aromatic heterocycles. The number of ether oxygens (including phenoxy) is 1. The zero-order valence-corrected chi connectivity index (χ0v) is 9.80. The molecule has 0 saturated carbocycles. The minimum atomic E-state index is -1.24. The minimum absolute atomic E-state index is 0.621. The van der Waals surface area contributed by atoms with Crippen LogP contribution in [0.15, 0.2) is 11.8 Å². The normalized spacial score (nSPS) is 22.8. The van der Waals surface area contributed by atoms with Crippen molar-refractivity contribution >= 4 is 6.16 Å². The van der Waals surface area contributed by atoms with Crippen LogP contribution in [0.1, 0.15) is 12.8 Å². The summed E-state index contributed by atoms with van der Waals surface area (Å²) in [5.74, 6) is 0. The molecule has 2 heterocycles. The third-order valence-corrected chi connectivity index (χ3v) is 3.00. The van der Waals surface area contributed by atoms with Crippen molar-refractivity contribution in [3.63, 3.8) is 0 Å². The maximum atomic E-state index is 10.5. The first-order valence-electron chi connectivity index (χ1n) is 5.93. The predicted octanol–water partition coefficient (Wildman–Crippen LogP) is 0.908. The number of rotatable bonds is 2. The van der Waals surface area contributed by atoms with Gasteiger partial charge in [-0.3, -0.25) is 0 Å². The van der Waals surface area contributed by atoms with Gasteiger partial charge in [0, 0.05) is 38.3 Å². The molecule has 0 radical (unpaired) electrons. The molecule has 0 aromatic rings. The van der Waals surface area contributed by atoms with Crippen molar-refractivity contribution in [3.05, 3.63) is 11.8 Å². The van der Waals surface area contributed by atoms with E-state index in [0.717, 1.165) is 39.1 Å². The lowest BCUT2D eigenvalue weighted by atomic mass is 10.2. The summed E-state index contributed by atoms with van der Waals surface area (Å²) < 4.78 is 5.31. The SMILES string of the molecule is O=C(O)ON1CCC=C(N2CCOCC2)CC1.